The predicted octanol–water partition coefficient (Wildman–Crippen LogP) is -0.241. The molecular formula is C8H17NO5S. The average Bonchev–Trinajstić information content (AvgIpc) is 2.14. The van der Waals surface area contributed by atoms with Gasteiger partial charge in [-0.2, -0.15) is 4.31 Å². The second-order valence-corrected chi connectivity index (χ2v) is 5.07. The van der Waals surface area contributed by atoms with E-state index in [-0.39, 0.29) is 12.3 Å². The third-order valence-electron chi connectivity index (χ3n) is 1.81. The van der Waals surface area contributed by atoms with Crippen LogP contribution >= 0.6 is 0 Å². The first-order valence-electron chi connectivity index (χ1n) is 4.62. The maximum absolute atomic E-state index is 11.6. The summed E-state index contributed by atoms with van der Waals surface area (Å²) in [7, 11) is -1.98. The van der Waals surface area contributed by atoms with E-state index in [2.05, 4.69) is 0 Å². The maximum atomic E-state index is 11.6. The number of aliphatic carboxylic acids is 1. The largest absolute Gasteiger partial charge is 0.480 e. The number of rotatable bonds is 8. The summed E-state index contributed by atoms with van der Waals surface area (Å²) >= 11 is 0. The summed E-state index contributed by atoms with van der Waals surface area (Å²) in [5.74, 6) is -1.23. The van der Waals surface area contributed by atoms with Crippen LogP contribution < -0.4 is 0 Å². The molecule has 0 radical (unpaired) electrons. The molecule has 0 amide bonds. The van der Waals surface area contributed by atoms with Gasteiger partial charge >= 0.3 is 5.97 Å². The third kappa shape index (κ3) is 5.71. The summed E-state index contributed by atoms with van der Waals surface area (Å²) in [6, 6.07) is 0. The molecule has 7 heteroatoms. The maximum Gasteiger partial charge on any atom is 0.318 e. The molecule has 0 aromatic carbocycles. The first-order chi connectivity index (χ1) is 6.94. The molecule has 6 nitrogen and oxygen atoms in total. The average molecular weight is 239 g/mol. The van der Waals surface area contributed by atoms with Gasteiger partial charge in [0.15, 0.2) is 0 Å². The van der Waals surface area contributed by atoms with Crippen molar-refractivity contribution in [2.75, 3.05) is 32.6 Å². The summed E-state index contributed by atoms with van der Waals surface area (Å²) in [4.78, 5) is 10.4. The van der Waals surface area contributed by atoms with E-state index in [0.717, 1.165) is 4.31 Å². The minimum atomic E-state index is -3.47. The molecule has 0 heterocycles. The normalized spacial score (nSPS) is 11.9. The number of carboxylic acid groups (broad SMARTS) is 1. The summed E-state index contributed by atoms with van der Waals surface area (Å²) in [5.41, 5.74) is 0. The Morgan fingerprint density at radius 1 is 1.47 bits per heavy atom. The van der Waals surface area contributed by atoms with Gasteiger partial charge in [0.2, 0.25) is 10.0 Å². The van der Waals surface area contributed by atoms with Gasteiger partial charge in [0.05, 0.1) is 5.75 Å². The monoisotopic (exact) mass is 239 g/mol. The fraction of sp³-hybridized carbons (Fsp3) is 0.875. The number of hydrogen-bond acceptors (Lipinski definition) is 4. The molecule has 0 rings (SSSR count). The van der Waals surface area contributed by atoms with Crippen LogP contribution in [0.25, 0.3) is 0 Å². The van der Waals surface area contributed by atoms with Gasteiger partial charge in [-0.05, 0) is 6.42 Å². The number of hydrogen-bond donors (Lipinski definition) is 1. The van der Waals surface area contributed by atoms with E-state index in [4.69, 9.17) is 9.84 Å². The van der Waals surface area contributed by atoms with Gasteiger partial charge in [-0.3, -0.25) is 4.79 Å². The van der Waals surface area contributed by atoms with Crippen molar-refractivity contribution in [1.29, 1.82) is 0 Å². The lowest BCUT2D eigenvalue weighted by atomic mass is 10.5. The second-order valence-electron chi connectivity index (χ2n) is 2.98. The van der Waals surface area contributed by atoms with Crippen LogP contribution in [0, 0.1) is 0 Å². The Morgan fingerprint density at radius 3 is 2.47 bits per heavy atom. The van der Waals surface area contributed by atoms with E-state index < -0.39 is 22.5 Å². The number of methoxy groups -OCH3 is 1. The Hall–Kier alpha value is -0.660. The summed E-state index contributed by atoms with van der Waals surface area (Å²) in [5, 5.41) is 8.52. The van der Waals surface area contributed by atoms with E-state index in [1.54, 1.807) is 6.92 Å². The van der Waals surface area contributed by atoms with Crippen molar-refractivity contribution in [3.8, 4) is 0 Å². The Bertz CT molecular complexity index is 287. The molecule has 0 saturated heterocycles. The van der Waals surface area contributed by atoms with Crippen LogP contribution in [0.4, 0.5) is 0 Å². The number of sulfonamides is 1. The number of likely N-dealkylation sites (N-methyl/N-ethyl adjacent to an activating group) is 1. The fourth-order valence-electron chi connectivity index (χ4n) is 1.07. The number of ether oxygens (including phenoxy) is 1. The van der Waals surface area contributed by atoms with Crippen LogP contribution in [0.3, 0.4) is 0 Å². The van der Waals surface area contributed by atoms with Gasteiger partial charge in [0, 0.05) is 20.3 Å². The highest BCUT2D eigenvalue weighted by Gasteiger charge is 2.21. The zero-order valence-electron chi connectivity index (χ0n) is 8.97. The lowest BCUT2D eigenvalue weighted by Gasteiger charge is -2.17. The molecule has 1 N–H and O–H groups in total. The van der Waals surface area contributed by atoms with Crippen LogP contribution in [-0.4, -0.2) is 56.4 Å². The van der Waals surface area contributed by atoms with Crippen molar-refractivity contribution in [1.82, 2.24) is 4.31 Å². The highest BCUT2D eigenvalue weighted by atomic mass is 32.2. The molecule has 90 valence electrons. The van der Waals surface area contributed by atoms with Crippen molar-refractivity contribution < 1.29 is 23.1 Å². The smallest absolute Gasteiger partial charge is 0.318 e. The topological polar surface area (TPSA) is 83.9 Å². The Balaban J connectivity index is 4.32. The fourth-order valence-corrected chi connectivity index (χ4v) is 2.51. The molecule has 0 fully saturated rings. The van der Waals surface area contributed by atoms with Gasteiger partial charge in [-0.15, -0.1) is 0 Å². The molecule has 15 heavy (non-hydrogen) atoms. The molecule has 0 bridgehead atoms. The van der Waals surface area contributed by atoms with Gasteiger partial charge in [0.1, 0.15) is 6.54 Å². The quantitative estimate of drug-likeness (QED) is 0.591. The van der Waals surface area contributed by atoms with Crippen molar-refractivity contribution in [3.63, 3.8) is 0 Å². The van der Waals surface area contributed by atoms with Gasteiger partial charge in [0.25, 0.3) is 0 Å². The Kier molecular flexibility index (Phi) is 6.46. The molecule has 0 aromatic heterocycles. The summed E-state index contributed by atoms with van der Waals surface area (Å²) in [6.45, 7) is 1.65. The highest BCUT2D eigenvalue weighted by Crippen LogP contribution is 2.03. The van der Waals surface area contributed by atoms with Crippen molar-refractivity contribution in [2.24, 2.45) is 0 Å². The molecule has 0 aliphatic heterocycles. The third-order valence-corrected chi connectivity index (χ3v) is 3.79. The predicted molar refractivity (Wildman–Crippen MR) is 55.2 cm³/mol. The molecule has 0 aliphatic rings. The van der Waals surface area contributed by atoms with Crippen LogP contribution in [0.1, 0.15) is 13.3 Å². The minimum Gasteiger partial charge on any atom is -0.480 e. The van der Waals surface area contributed by atoms with Crippen LogP contribution in [0.15, 0.2) is 0 Å². The van der Waals surface area contributed by atoms with E-state index in [0.29, 0.717) is 13.0 Å². The minimum absolute atomic E-state index is 0.0814. The van der Waals surface area contributed by atoms with Gasteiger partial charge in [-0.25, -0.2) is 8.42 Å². The standard InChI is InChI=1S/C8H17NO5S/c1-3-9(7-8(10)11)15(12,13)6-4-5-14-2/h3-7H2,1-2H3,(H,10,11). The van der Waals surface area contributed by atoms with Crippen LogP contribution in [0.2, 0.25) is 0 Å². The zero-order chi connectivity index (χ0) is 11.9. The molecule has 0 atom stereocenters. The van der Waals surface area contributed by atoms with Crippen LogP contribution in [0.5, 0.6) is 0 Å². The highest BCUT2D eigenvalue weighted by molar-refractivity contribution is 7.89. The molecule has 0 unspecified atom stereocenters. The van der Waals surface area contributed by atoms with E-state index in [1.807, 2.05) is 0 Å². The number of carbonyl (C=O) groups is 1. The van der Waals surface area contributed by atoms with E-state index in [1.165, 1.54) is 7.11 Å². The van der Waals surface area contributed by atoms with Crippen molar-refractivity contribution >= 4 is 16.0 Å². The summed E-state index contributed by atoms with van der Waals surface area (Å²) < 4.78 is 28.8. The molecule has 0 aromatic rings. The Morgan fingerprint density at radius 2 is 2.07 bits per heavy atom. The molecule has 0 saturated carbocycles. The second kappa shape index (κ2) is 6.76. The Labute approximate surface area is 89.9 Å². The number of nitrogens with zero attached hydrogens (tertiary/aromatic N) is 1. The number of carboxylic acids is 1. The first-order valence-corrected chi connectivity index (χ1v) is 6.23. The molecule has 0 spiro atoms. The van der Waals surface area contributed by atoms with Gasteiger partial charge < -0.3 is 9.84 Å². The first kappa shape index (κ1) is 14.3. The lowest BCUT2D eigenvalue weighted by Crippen LogP contribution is -2.37. The van der Waals surface area contributed by atoms with Crippen molar-refractivity contribution in [3.05, 3.63) is 0 Å². The van der Waals surface area contributed by atoms with Crippen LogP contribution in [-0.2, 0) is 19.6 Å². The molecular weight excluding hydrogens is 222 g/mol. The van der Waals surface area contributed by atoms with Crippen molar-refractivity contribution in [2.45, 2.75) is 13.3 Å². The van der Waals surface area contributed by atoms with E-state index in [9.17, 15) is 13.2 Å². The molecule has 0 aliphatic carbocycles. The summed E-state index contributed by atoms with van der Waals surface area (Å²) in [6.07, 6.45) is 0.370. The van der Waals surface area contributed by atoms with Gasteiger partial charge in [-0.1, -0.05) is 6.92 Å². The zero-order valence-corrected chi connectivity index (χ0v) is 9.79. The lowest BCUT2D eigenvalue weighted by molar-refractivity contribution is -0.137. The SMILES string of the molecule is CCN(CC(=O)O)S(=O)(=O)CCCOC. The van der Waals surface area contributed by atoms with E-state index >= 15 is 0 Å².